The first kappa shape index (κ1) is 20.1. The second-order valence-corrected chi connectivity index (χ2v) is 8.57. The highest BCUT2D eigenvalue weighted by Crippen LogP contribution is 2.40. The van der Waals surface area contributed by atoms with Crippen molar-refractivity contribution in [3.63, 3.8) is 0 Å². The van der Waals surface area contributed by atoms with Crippen LogP contribution in [-0.2, 0) is 6.18 Å². The zero-order valence-electron chi connectivity index (χ0n) is 17.4. The number of hydrogen-bond donors (Lipinski definition) is 2. The first-order chi connectivity index (χ1) is 14.8. The number of fused-ring (bicyclic) bond motifs is 2. The lowest BCUT2D eigenvalue weighted by atomic mass is 9.88. The number of alkyl halides is 3. The smallest absolute Gasteiger partial charge is 0.354 e. The van der Waals surface area contributed by atoms with Crippen LogP contribution in [0.4, 0.5) is 13.2 Å². The van der Waals surface area contributed by atoms with Crippen molar-refractivity contribution in [3.05, 3.63) is 53.5 Å². The molecule has 4 heterocycles. The Bertz CT molecular complexity index is 1250. The number of rotatable bonds is 3. The Morgan fingerprint density at radius 3 is 2.61 bits per heavy atom. The van der Waals surface area contributed by atoms with E-state index in [1.54, 1.807) is 6.20 Å². The topological polar surface area (TPSA) is 58.0 Å². The molecule has 0 amide bonds. The summed E-state index contributed by atoms with van der Waals surface area (Å²) < 4.78 is 42.4. The highest BCUT2D eigenvalue weighted by Gasteiger charge is 2.35. The zero-order chi connectivity index (χ0) is 21.8. The fraction of sp³-hybridized carbons (Fsp3) is 0.391. The molecular formula is C23H24F3N5. The van der Waals surface area contributed by atoms with Gasteiger partial charge in [0, 0.05) is 22.7 Å². The van der Waals surface area contributed by atoms with Gasteiger partial charge in [0.25, 0.3) is 0 Å². The third kappa shape index (κ3) is 3.48. The molecule has 0 aliphatic carbocycles. The predicted octanol–water partition coefficient (Wildman–Crippen LogP) is 5.49. The Morgan fingerprint density at radius 2 is 1.90 bits per heavy atom. The molecule has 1 aromatic carbocycles. The maximum Gasteiger partial charge on any atom is 0.420 e. The molecular weight excluding hydrogens is 403 g/mol. The maximum atomic E-state index is 13.7. The van der Waals surface area contributed by atoms with Crippen molar-refractivity contribution >= 4 is 16.6 Å². The SMILES string of the molecule is CC(C)c1c(-c2cc(C(F)(F)F)c3ncnn3c2)[nH]c2ccc(C3CCNCC3)cc12. The van der Waals surface area contributed by atoms with Gasteiger partial charge in [-0.2, -0.15) is 18.3 Å². The summed E-state index contributed by atoms with van der Waals surface area (Å²) in [5.41, 5.74) is 3.44. The summed E-state index contributed by atoms with van der Waals surface area (Å²) in [4.78, 5) is 7.19. The highest BCUT2D eigenvalue weighted by molar-refractivity contribution is 5.92. The van der Waals surface area contributed by atoms with Crippen LogP contribution in [0.2, 0.25) is 0 Å². The standard InChI is InChI=1S/C23H24F3N5/c1-13(2)20-17-9-15(14-5-7-27-8-6-14)3-4-19(17)30-21(20)16-10-18(23(24,25)26)22-28-12-29-31(22)11-16/h3-4,9-14,27,30H,5-8H2,1-2H3. The first-order valence-corrected chi connectivity index (χ1v) is 10.6. The second kappa shape index (κ2) is 7.37. The van der Waals surface area contributed by atoms with Crippen molar-refractivity contribution < 1.29 is 13.2 Å². The molecule has 162 valence electrons. The molecule has 1 saturated heterocycles. The average Bonchev–Trinajstić information content (AvgIpc) is 3.36. The van der Waals surface area contributed by atoms with Crippen molar-refractivity contribution in [3.8, 4) is 11.3 Å². The Morgan fingerprint density at radius 1 is 1.13 bits per heavy atom. The minimum Gasteiger partial charge on any atom is -0.354 e. The number of hydrogen-bond acceptors (Lipinski definition) is 3. The van der Waals surface area contributed by atoms with Crippen molar-refractivity contribution in [2.24, 2.45) is 0 Å². The average molecular weight is 427 g/mol. The lowest BCUT2D eigenvalue weighted by molar-refractivity contribution is -0.136. The van der Waals surface area contributed by atoms with Gasteiger partial charge < -0.3 is 10.3 Å². The first-order valence-electron chi connectivity index (χ1n) is 10.6. The molecule has 1 aliphatic heterocycles. The van der Waals surface area contributed by atoms with Crippen LogP contribution in [0, 0.1) is 0 Å². The van der Waals surface area contributed by atoms with Crippen molar-refractivity contribution in [2.45, 2.75) is 44.7 Å². The van der Waals surface area contributed by atoms with E-state index < -0.39 is 11.7 Å². The van der Waals surface area contributed by atoms with Gasteiger partial charge in [0.15, 0.2) is 5.65 Å². The number of nitrogens with zero attached hydrogens (tertiary/aromatic N) is 3. The summed E-state index contributed by atoms with van der Waals surface area (Å²) in [6.07, 6.45) is 0.433. The maximum absolute atomic E-state index is 13.7. The second-order valence-electron chi connectivity index (χ2n) is 8.57. The van der Waals surface area contributed by atoms with Crippen LogP contribution in [0.5, 0.6) is 0 Å². The van der Waals surface area contributed by atoms with E-state index in [1.165, 1.54) is 16.1 Å². The lowest BCUT2D eigenvalue weighted by Gasteiger charge is -2.23. The molecule has 8 heteroatoms. The molecule has 4 aromatic rings. The Labute approximate surface area is 177 Å². The summed E-state index contributed by atoms with van der Waals surface area (Å²) in [5.74, 6) is 0.639. The normalized spacial score (nSPS) is 16.1. The van der Waals surface area contributed by atoms with E-state index in [4.69, 9.17) is 0 Å². The van der Waals surface area contributed by atoms with Gasteiger partial charge in [-0.3, -0.25) is 0 Å². The van der Waals surface area contributed by atoms with Gasteiger partial charge in [-0.05, 0) is 67.1 Å². The molecule has 3 aromatic heterocycles. The van der Waals surface area contributed by atoms with E-state index in [1.807, 2.05) is 0 Å². The van der Waals surface area contributed by atoms with Gasteiger partial charge >= 0.3 is 6.18 Å². The molecule has 0 atom stereocenters. The quantitative estimate of drug-likeness (QED) is 0.455. The van der Waals surface area contributed by atoms with Gasteiger partial charge in [-0.15, -0.1) is 0 Å². The minimum atomic E-state index is -4.52. The molecule has 0 spiro atoms. The van der Waals surface area contributed by atoms with Crippen LogP contribution >= 0.6 is 0 Å². The van der Waals surface area contributed by atoms with Crippen LogP contribution < -0.4 is 5.32 Å². The summed E-state index contributed by atoms with van der Waals surface area (Å²) in [7, 11) is 0. The van der Waals surface area contributed by atoms with Crippen molar-refractivity contribution in [1.29, 1.82) is 0 Å². The number of aromatic nitrogens is 4. The number of pyridine rings is 1. The van der Waals surface area contributed by atoms with E-state index in [0.717, 1.165) is 48.7 Å². The number of piperidine rings is 1. The zero-order valence-corrected chi connectivity index (χ0v) is 17.4. The van der Waals surface area contributed by atoms with Crippen LogP contribution in [0.25, 0.3) is 27.8 Å². The number of nitrogens with one attached hydrogen (secondary N) is 2. The van der Waals surface area contributed by atoms with Crippen molar-refractivity contribution in [1.82, 2.24) is 24.9 Å². The molecule has 1 fully saturated rings. The van der Waals surface area contributed by atoms with E-state index in [-0.39, 0.29) is 11.6 Å². The van der Waals surface area contributed by atoms with E-state index in [0.29, 0.717) is 17.2 Å². The fourth-order valence-electron chi connectivity index (χ4n) is 4.74. The molecule has 31 heavy (non-hydrogen) atoms. The third-order valence-corrected chi connectivity index (χ3v) is 6.22. The van der Waals surface area contributed by atoms with Crippen LogP contribution in [0.15, 0.2) is 36.8 Å². The number of benzene rings is 1. The fourth-order valence-corrected chi connectivity index (χ4v) is 4.74. The van der Waals surface area contributed by atoms with Gasteiger partial charge in [0.1, 0.15) is 11.9 Å². The molecule has 0 unspecified atom stereocenters. The molecule has 2 N–H and O–H groups in total. The number of aromatic amines is 1. The predicted molar refractivity (Wildman–Crippen MR) is 114 cm³/mol. The van der Waals surface area contributed by atoms with Gasteiger partial charge in [-0.1, -0.05) is 19.9 Å². The van der Waals surface area contributed by atoms with Gasteiger partial charge in [0.2, 0.25) is 0 Å². The molecule has 0 bridgehead atoms. The van der Waals surface area contributed by atoms with Crippen molar-refractivity contribution in [2.75, 3.05) is 13.1 Å². The van der Waals surface area contributed by atoms with Crippen LogP contribution in [-0.4, -0.2) is 32.7 Å². The molecule has 5 rings (SSSR count). The molecule has 0 radical (unpaired) electrons. The third-order valence-electron chi connectivity index (χ3n) is 6.22. The molecule has 0 saturated carbocycles. The number of halogens is 3. The summed E-state index contributed by atoms with van der Waals surface area (Å²) in [6, 6.07) is 7.60. The van der Waals surface area contributed by atoms with Gasteiger partial charge in [-0.25, -0.2) is 9.50 Å². The summed E-state index contributed by atoms with van der Waals surface area (Å²) >= 11 is 0. The molecule has 5 nitrogen and oxygen atoms in total. The number of H-pyrrole nitrogens is 1. The van der Waals surface area contributed by atoms with Crippen LogP contribution in [0.3, 0.4) is 0 Å². The summed E-state index contributed by atoms with van der Waals surface area (Å²) in [5, 5.41) is 8.44. The summed E-state index contributed by atoms with van der Waals surface area (Å²) in [6.45, 7) is 6.16. The minimum absolute atomic E-state index is 0.132. The largest absolute Gasteiger partial charge is 0.420 e. The monoisotopic (exact) mass is 427 g/mol. The molecule has 1 aliphatic rings. The Kier molecular flexibility index (Phi) is 4.77. The Balaban J connectivity index is 1.70. The highest BCUT2D eigenvalue weighted by atomic mass is 19.4. The van der Waals surface area contributed by atoms with Crippen LogP contribution in [0.1, 0.15) is 55.2 Å². The van der Waals surface area contributed by atoms with Gasteiger partial charge in [0.05, 0.1) is 5.69 Å². The van der Waals surface area contributed by atoms with E-state index in [9.17, 15) is 13.2 Å². The lowest BCUT2D eigenvalue weighted by Crippen LogP contribution is -2.26. The van der Waals surface area contributed by atoms with E-state index in [2.05, 4.69) is 52.4 Å². The van der Waals surface area contributed by atoms with E-state index >= 15 is 0 Å². The Hall–Kier alpha value is -2.87.